The van der Waals surface area contributed by atoms with Gasteiger partial charge in [-0.05, 0) is 94.2 Å². The highest BCUT2D eigenvalue weighted by Crippen LogP contribution is 2.29. The molecule has 2 unspecified atom stereocenters. The van der Waals surface area contributed by atoms with Crippen LogP contribution in [0.25, 0.3) is 0 Å². The maximum atomic E-state index is 12.9. The summed E-state index contributed by atoms with van der Waals surface area (Å²) in [6, 6.07) is 10.6. The third-order valence-electron chi connectivity index (χ3n) is 7.03. The molecule has 0 saturated heterocycles. The number of allylic oxidation sites excluding steroid dienone is 4. The van der Waals surface area contributed by atoms with Crippen molar-refractivity contribution in [2.45, 2.75) is 84.8 Å². The minimum atomic E-state index is -0.154. The number of rotatable bonds is 10. The zero-order valence-corrected chi connectivity index (χ0v) is 22.8. The number of amides is 1. The summed E-state index contributed by atoms with van der Waals surface area (Å²) in [4.78, 5) is 22.2. The standard InChI is InChI=1S/C31H41N5O/c1-6-8-24-12-11-20(2)29(16-24)32-18-22(4)34-23(5)25-9-7-10-28(17-25)36-31(37)26-15-21(3)30(33-19-26)35-27-13-14-27/h7-10,15-20,22-23,27,34H,6,11-14H2,1-5H3,(H,33,35)(H,36,37)/b24-8-,32-18?/t20?,22?,23-/m0/s1. The summed E-state index contributed by atoms with van der Waals surface area (Å²) in [5, 5.41) is 10.0. The molecule has 2 aliphatic rings. The SMILES string of the molecule is CC/C=C1\C=C(N=CC(C)N[C@@H](C)c2cccc(NC(=O)c3cnc(NC4CC4)c(C)c3)c2)C(C)CC1. The van der Waals surface area contributed by atoms with Crippen molar-refractivity contribution in [1.82, 2.24) is 10.3 Å². The van der Waals surface area contributed by atoms with Crippen molar-refractivity contribution in [3.05, 3.63) is 76.6 Å². The quantitative estimate of drug-likeness (QED) is 0.308. The average Bonchev–Trinajstić information content (AvgIpc) is 3.70. The predicted molar refractivity (Wildman–Crippen MR) is 154 cm³/mol. The number of aromatic nitrogens is 1. The Morgan fingerprint density at radius 3 is 2.76 bits per heavy atom. The number of nitrogens with one attached hydrogen (secondary N) is 3. The highest BCUT2D eigenvalue weighted by atomic mass is 16.1. The van der Waals surface area contributed by atoms with Gasteiger partial charge in [-0.1, -0.05) is 37.6 Å². The lowest BCUT2D eigenvalue weighted by molar-refractivity contribution is 0.102. The van der Waals surface area contributed by atoms with Crippen LogP contribution in [-0.4, -0.2) is 29.2 Å². The lowest BCUT2D eigenvalue weighted by atomic mass is 9.90. The van der Waals surface area contributed by atoms with Crippen molar-refractivity contribution < 1.29 is 4.79 Å². The molecule has 6 nitrogen and oxygen atoms in total. The van der Waals surface area contributed by atoms with Gasteiger partial charge in [-0.2, -0.15) is 0 Å². The van der Waals surface area contributed by atoms with Crippen LogP contribution in [0.2, 0.25) is 0 Å². The Labute approximate surface area is 221 Å². The minimum absolute atomic E-state index is 0.100. The van der Waals surface area contributed by atoms with E-state index in [2.05, 4.69) is 66.8 Å². The Balaban J connectivity index is 1.35. The second-order valence-corrected chi connectivity index (χ2v) is 10.5. The molecule has 0 spiro atoms. The van der Waals surface area contributed by atoms with Crippen LogP contribution in [0.3, 0.4) is 0 Å². The summed E-state index contributed by atoms with van der Waals surface area (Å²) in [5.41, 5.74) is 5.98. The van der Waals surface area contributed by atoms with E-state index in [1.807, 2.05) is 37.4 Å². The van der Waals surface area contributed by atoms with E-state index < -0.39 is 0 Å². The number of carbonyl (C=O) groups is 1. The fourth-order valence-electron chi connectivity index (χ4n) is 4.61. The zero-order chi connectivity index (χ0) is 26.4. The molecule has 3 N–H and O–H groups in total. The van der Waals surface area contributed by atoms with Gasteiger partial charge in [0.05, 0.1) is 5.56 Å². The first-order valence-corrected chi connectivity index (χ1v) is 13.7. The summed E-state index contributed by atoms with van der Waals surface area (Å²) >= 11 is 0. The molecular weight excluding hydrogens is 458 g/mol. The van der Waals surface area contributed by atoms with Crippen LogP contribution in [-0.2, 0) is 0 Å². The molecule has 1 aromatic heterocycles. The molecule has 6 heteroatoms. The van der Waals surface area contributed by atoms with Gasteiger partial charge in [-0.25, -0.2) is 4.98 Å². The topological polar surface area (TPSA) is 78.4 Å². The summed E-state index contributed by atoms with van der Waals surface area (Å²) in [6.45, 7) is 10.7. The highest BCUT2D eigenvalue weighted by molar-refractivity contribution is 6.04. The van der Waals surface area contributed by atoms with Crippen LogP contribution in [0.5, 0.6) is 0 Å². The normalized spacial score (nSPS) is 20.5. The van der Waals surface area contributed by atoms with Crippen LogP contribution in [0, 0.1) is 12.8 Å². The van der Waals surface area contributed by atoms with Gasteiger partial charge in [-0.3, -0.25) is 9.79 Å². The number of anilines is 2. The molecule has 1 amide bonds. The van der Waals surface area contributed by atoms with Crippen molar-refractivity contribution in [1.29, 1.82) is 0 Å². The van der Waals surface area contributed by atoms with Crippen molar-refractivity contribution in [2.75, 3.05) is 10.6 Å². The molecule has 0 radical (unpaired) electrons. The first-order valence-electron chi connectivity index (χ1n) is 13.7. The molecule has 0 aliphatic heterocycles. The van der Waals surface area contributed by atoms with Gasteiger partial charge in [0.1, 0.15) is 5.82 Å². The molecule has 37 heavy (non-hydrogen) atoms. The van der Waals surface area contributed by atoms with E-state index in [9.17, 15) is 4.79 Å². The lowest BCUT2D eigenvalue weighted by Gasteiger charge is -2.21. The monoisotopic (exact) mass is 499 g/mol. The molecule has 2 aromatic rings. The molecule has 1 aromatic carbocycles. The largest absolute Gasteiger partial charge is 0.367 e. The Hall–Kier alpha value is -3.25. The molecule has 1 heterocycles. The van der Waals surface area contributed by atoms with Crippen LogP contribution >= 0.6 is 0 Å². The number of aryl methyl sites for hydroxylation is 1. The summed E-state index contributed by atoms with van der Waals surface area (Å²) in [5.74, 6) is 1.20. The Bertz CT molecular complexity index is 1190. The molecular formula is C31H41N5O. The summed E-state index contributed by atoms with van der Waals surface area (Å²) in [6.07, 6.45) is 13.9. The number of pyridine rings is 1. The minimum Gasteiger partial charge on any atom is -0.367 e. The van der Waals surface area contributed by atoms with E-state index in [-0.39, 0.29) is 18.0 Å². The van der Waals surface area contributed by atoms with Gasteiger partial charge in [0, 0.05) is 41.9 Å². The molecule has 1 saturated carbocycles. The van der Waals surface area contributed by atoms with Gasteiger partial charge in [0.2, 0.25) is 0 Å². The van der Waals surface area contributed by atoms with Crippen LogP contribution in [0.4, 0.5) is 11.5 Å². The molecule has 3 atom stereocenters. The maximum Gasteiger partial charge on any atom is 0.257 e. The first kappa shape index (κ1) is 26.8. The fraction of sp³-hybridized carbons (Fsp3) is 0.452. The van der Waals surface area contributed by atoms with E-state index in [0.29, 0.717) is 17.5 Å². The van der Waals surface area contributed by atoms with E-state index >= 15 is 0 Å². The number of hydrogen-bond donors (Lipinski definition) is 3. The Morgan fingerprint density at radius 1 is 1.22 bits per heavy atom. The van der Waals surface area contributed by atoms with Crippen LogP contribution in [0.15, 0.2) is 64.9 Å². The first-order chi connectivity index (χ1) is 17.8. The van der Waals surface area contributed by atoms with Gasteiger partial charge >= 0.3 is 0 Å². The number of aliphatic imine (C=N–C) groups is 1. The van der Waals surface area contributed by atoms with Gasteiger partial charge in [0.25, 0.3) is 5.91 Å². The zero-order valence-electron chi connectivity index (χ0n) is 22.8. The van der Waals surface area contributed by atoms with Gasteiger partial charge in [-0.15, -0.1) is 0 Å². The average molecular weight is 500 g/mol. The number of hydrogen-bond acceptors (Lipinski definition) is 5. The molecule has 1 fully saturated rings. The Morgan fingerprint density at radius 2 is 2.03 bits per heavy atom. The molecule has 0 bridgehead atoms. The fourth-order valence-corrected chi connectivity index (χ4v) is 4.61. The number of nitrogens with zero attached hydrogens (tertiary/aromatic N) is 2. The molecule has 196 valence electrons. The maximum absolute atomic E-state index is 12.9. The van der Waals surface area contributed by atoms with E-state index in [1.54, 1.807) is 6.20 Å². The summed E-state index contributed by atoms with van der Waals surface area (Å²) < 4.78 is 0. The van der Waals surface area contributed by atoms with Crippen molar-refractivity contribution >= 4 is 23.6 Å². The number of carbonyl (C=O) groups excluding carboxylic acids is 1. The van der Waals surface area contributed by atoms with Crippen molar-refractivity contribution in [2.24, 2.45) is 10.9 Å². The molecule has 2 aliphatic carbocycles. The number of benzene rings is 1. The van der Waals surface area contributed by atoms with Crippen LogP contribution < -0.4 is 16.0 Å². The second-order valence-electron chi connectivity index (χ2n) is 10.5. The van der Waals surface area contributed by atoms with E-state index in [1.165, 1.54) is 18.4 Å². The summed E-state index contributed by atoms with van der Waals surface area (Å²) in [7, 11) is 0. The van der Waals surface area contributed by atoms with Gasteiger partial charge in [0.15, 0.2) is 0 Å². The Kier molecular flexibility index (Phi) is 8.93. The lowest BCUT2D eigenvalue weighted by Crippen LogP contribution is -2.30. The second kappa shape index (κ2) is 12.3. The third kappa shape index (κ3) is 7.62. The predicted octanol–water partition coefficient (Wildman–Crippen LogP) is 6.98. The third-order valence-corrected chi connectivity index (χ3v) is 7.03. The van der Waals surface area contributed by atoms with Crippen molar-refractivity contribution in [3.63, 3.8) is 0 Å². The smallest absolute Gasteiger partial charge is 0.257 e. The van der Waals surface area contributed by atoms with Gasteiger partial charge < -0.3 is 16.0 Å². The highest BCUT2D eigenvalue weighted by Gasteiger charge is 2.22. The molecule has 4 rings (SSSR count). The van der Waals surface area contributed by atoms with Crippen molar-refractivity contribution in [3.8, 4) is 0 Å². The van der Waals surface area contributed by atoms with E-state index in [0.717, 1.165) is 47.6 Å². The van der Waals surface area contributed by atoms with Crippen LogP contribution in [0.1, 0.15) is 87.3 Å². The van der Waals surface area contributed by atoms with E-state index in [4.69, 9.17) is 4.99 Å².